The van der Waals surface area contributed by atoms with Crippen LogP contribution in [0.4, 0.5) is 0 Å². The largest absolute Gasteiger partial charge is 0.355 e. The predicted molar refractivity (Wildman–Crippen MR) is 103 cm³/mol. The van der Waals surface area contributed by atoms with E-state index >= 15 is 0 Å². The van der Waals surface area contributed by atoms with Gasteiger partial charge in [-0.25, -0.2) is 0 Å². The van der Waals surface area contributed by atoms with E-state index < -0.39 is 0 Å². The van der Waals surface area contributed by atoms with Gasteiger partial charge in [-0.1, -0.05) is 49.6 Å². The van der Waals surface area contributed by atoms with Gasteiger partial charge in [0.1, 0.15) is 0 Å². The summed E-state index contributed by atoms with van der Waals surface area (Å²) in [5.41, 5.74) is 0.902. The molecule has 1 aliphatic heterocycles. The number of nitrogens with one attached hydrogen (secondary N) is 1. The number of rotatable bonds is 6. The summed E-state index contributed by atoms with van der Waals surface area (Å²) in [6, 6.07) is 10.4. The van der Waals surface area contributed by atoms with Crippen molar-refractivity contribution in [3.8, 4) is 0 Å². The van der Waals surface area contributed by atoms with Crippen LogP contribution in [0.2, 0.25) is 0 Å². The maximum Gasteiger partial charge on any atom is 0.230 e. The van der Waals surface area contributed by atoms with Crippen molar-refractivity contribution in [1.29, 1.82) is 0 Å². The molecule has 4 nitrogen and oxygen atoms in total. The smallest absolute Gasteiger partial charge is 0.230 e. The lowest BCUT2D eigenvalue weighted by Gasteiger charge is -2.36. The molecule has 0 bridgehead atoms. The van der Waals surface area contributed by atoms with E-state index in [1.54, 1.807) is 0 Å². The molecule has 1 heterocycles. The van der Waals surface area contributed by atoms with Crippen molar-refractivity contribution in [2.24, 2.45) is 0 Å². The fraction of sp³-hybridized carbons (Fsp3) is 0.667. The molecule has 1 amide bonds. The predicted octanol–water partition coefficient (Wildman–Crippen LogP) is 2.64. The molecule has 1 saturated heterocycles. The van der Waals surface area contributed by atoms with Crippen LogP contribution in [0.25, 0.3) is 0 Å². The lowest BCUT2D eigenvalue weighted by Crippen LogP contribution is -2.47. The molecule has 1 aromatic rings. The molecule has 2 aliphatic rings. The summed E-state index contributed by atoms with van der Waals surface area (Å²) < 4.78 is 0. The van der Waals surface area contributed by atoms with Crippen molar-refractivity contribution in [1.82, 2.24) is 15.1 Å². The Kier molecular flexibility index (Phi) is 6.49. The van der Waals surface area contributed by atoms with Gasteiger partial charge in [0.25, 0.3) is 0 Å². The van der Waals surface area contributed by atoms with Crippen LogP contribution in [-0.2, 0) is 10.2 Å². The maximum atomic E-state index is 13.1. The van der Waals surface area contributed by atoms with E-state index in [0.717, 1.165) is 71.4 Å². The van der Waals surface area contributed by atoms with Gasteiger partial charge >= 0.3 is 0 Å². The van der Waals surface area contributed by atoms with Gasteiger partial charge < -0.3 is 15.1 Å². The molecule has 0 unspecified atom stereocenters. The standard InChI is InChI=1S/C21H33N3O/c1-23-15-17-24(18-16-23)14-8-13-22-20(25)21(11-6-3-7-12-21)19-9-4-2-5-10-19/h2,4-5,9-10H,3,6-8,11-18H2,1H3,(H,22,25). The Labute approximate surface area is 152 Å². The fourth-order valence-electron chi connectivity index (χ4n) is 4.30. The van der Waals surface area contributed by atoms with Gasteiger partial charge in [0.05, 0.1) is 5.41 Å². The Hall–Kier alpha value is -1.39. The summed E-state index contributed by atoms with van der Waals surface area (Å²) in [6.07, 6.45) is 6.58. The Bertz CT molecular complexity index is 531. The van der Waals surface area contributed by atoms with E-state index in [0.29, 0.717) is 0 Å². The van der Waals surface area contributed by atoms with Crippen LogP contribution < -0.4 is 5.32 Å². The van der Waals surface area contributed by atoms with Crippen LogP contribution >= 0.6 is 0 Å². The lowest BCUT2D eigenvalue weighted by atomic mass is 9.68. The number of hydrogen-bond acceptors (Lipinski definition) is 3. The molecular weight excluding hydrogens is 310 g/mol. The SMILES string of the molecule is CN1CCN(CCCNC(=O)C2(c3ccccc3)CCCCC2)CC1. The second-order valence-corrected chi connectivity index (χ2v) is 7.76. The molecule has 1 saturated carbocycles. The third-order valence-corrected chi connectivity index (χ3v) is 6.00. The number of hydrogen-bond donors (Lipinski definition) is 1. The Morgan fingerprint density at radius 3 is 2.40 bits per heavy atom. The number of likely N-dealkylation sites (N-methyl/N-ethyl adjacent to an activating group) is 1. The number of amides is 1. The van der Waals surface area contributed by atoms with Gasteiger partial charge in [-0.05, 0) is 38.4 Å². The zero-order chi connectivity index (χ0) is 17.5. The van der Waals surface area contributed by atoms with E-state index in [-0.39, 0.29) is 11.3 Å². The third kappa shape index (κ3) is 4.62. The zero-order valence-corrected chi connectivity index (χ0v) is 15.7. The summed E-state index contributed by atoms with van der Waals surface area (Å²) >= 11 is 0. The van der Waals surface area contributed by atoms with Crippen molar-refractivity contribution in [2.45, 2.75) is 43.9 Å². The van der Waals surface area contributed by atoms with E-state index in [2.05, 4.69) is 46.4 Å². The first-order valence-corrected chi connectivity index (χ1v) is 9.95. The van der Waals surface area contributed by atoms with Gasteiger partial charge in [-0.3, -0.25) is 4.79 Å². The first-order valence-electron chi connectivity index (χ1n) is 9.95. The van der Waals surface area contributed by atoms with Crippen LogP contribution in [0.5, 0.6) is 0 Å². The average Bonchev–Trinajstić information content (AvgIpc) is 2.67. The molecule has 0 aromatic heterocycles. The molecule has 25 heavy (non-hydrogen) atoms. The highest BCUT2D eigenvalue weighted by Gasteiger charge is 2.40. The molecule has 1 N–H and O–H groups in total. The molecule has 0 spiro atoms. The Morgan fingerprint density at radius 2 is 1.72 bits per heavy atom. The van der Waals surface area contributed by atoms with Crippen molar-refractivity contribution in [3.63, 3.8) is 0 Å². The molecule has 1 aliphatic carbocycles. The molecule has 0 atom stereocenters. The third-order valence-electron chi connectivity index (χ3n) is 6.00. The quantitative estimate of drug-likeness (QED) is 0.807. The van der Waals surface area contributed by atoms with Crippen molar-refractivity contribution < 1.29 is 4.79 Å². The van der Waals surface area contributed by atoms with Crippen molar-refractivity contribution in [3.05, 3.63) is 35.9 Å². The highest BCUT2D eigenvalue weighted by Crippen LogP contribution is 2.39. The van der Waals surface area contributed by atoms with Crippen LogP contribution in [-0.4, -0.2) is 62.0 Å². The molecule has 0 radical (unpaired) electrons. The Balaban J connectivity index is 1.51. The van der Waals surface area contributed by atoms with Gasteiger partial charge in [0.2, 0.25) is 5.91 Å². The van der Waals surface area contributed by atoms with Crippen LogP contribution in [0.3, 0.4) is 0 Å². The number of carbonyl (C=O) groups is 1. The van der Waals surface area contributed by atoms with Gasteiger partial charge in [0.15, 0.2) is 0 Å². The lowest BCUT2D eigenvalue weighted by molar-refractivity contribution is -0.128. The van der Waals surface area contributed by atoms with Crippen LogP contribution in [0.1, 0.15) is 44.1 Å². The zero-order valence-electron chi connectivity index (χ0n) is 15.7. The van der Waals surface area contributed by atoms with Crippen LogP contribution in [0, 0.1) is 0 Å². The molecule has 3 rings (SSSR count). The normalized spacial score (nSPS) is 21.8. The van der Waals surface area contributed by atoms with Gasteiger partial charge in [-0.2, -0.15) is 0 Å². The van der Waals surface area contributed by atoms with Crippen molar-refractivity contribution >= 4 is 5.91 Å². The van der Waals surface area contributed by atoms with Gasteiger partial charge in [0, 0.05) is 32.7 Å². The molecular formula is C21H33N3O. The molecule has 2 fully saturated rings. The molecule has 138 valence electrons. The van der Waals surface area contributed by atoms with Crippen LogP contribution in [0.15, 0.2) is 30.3 Å². The highest BCUT2D eigenvalue weighted by atomic mass is 16.2. The number of carbonyl (C=O) groups excluding carboxylic acids is 1. The average molecular weight is 344 g/mol. The topological polar surface area (TPSA) is 35.6 Å². The molecule has 4 heteroatoms. The monoisotopic (exact) mass is 343 g/mol. The maximum absolute atomic E-state index is 13.1. The Morgan fingerprint density at radius 1 is 1.04 bits per heavy atom. The van der Waals surface area contributed by atoms with Crippen molar-refractivity contribution in [2.75, 3.05) is 46.3 Å². The first-order chi connectivity index (χ1) is 12.2. The second-order valence-electron chi connectivity index (χ2n) is 7.76. The number of nitrogens with zero attached hydrogens (tertiary/aromatic N) is 2. The minimum atomic E-state index is -0.298. The minimum absolute atomic E-state index is 0.247. The summed E-state index contributed by atoms with van der Waals surface area (Å²) in [7, 11) is 2.19. The second kappa shape index (κ2) is 8.81. The fourth-order valence-corrected chi connectivity index (χ4v) is 4.30. The van der Waals surface area contributed by atoms with E-state index in [1.807, 2.05) is 6.07 Å². The van der Waals surface area contributed by atoms with E-state index in [1.165, 1.54) is 12.0 Å². The first kappa shape index (κ1) is 18.4. The van der Waals surface area contributed by atoms with E-state index in [4.69, 9.17) is 0 Å². The van der Waals surface area contributed by atoms with Gasteiger partial charge in [-0.15, -0.1) is 0 Å². The minimum Gasteiger partial charge on any atom is -0.355 e. The summed E-state index contributed by atoms with van der Waals surface area (Å²) in [5, 5.41) is 3.26. The molecule has 1 aromatic carbocycles. The summed E-state index contributed by atoms with van der Waals surface area (Å²) in [6.45, 7) is 6.50. The summed E-state index contributed by atoms with van der Waals surface area (Å²) in [4.78, 5) is 18.0. The highest BCUT2D eigenvalue weighted by molar-refractivity contribution is 5.88. The number of piperazine rings is 1. The summed E-state index contributed by atoms with van der Waals surface area (Å²) in [5.74, 6) is 0.247. The van der Waals surface area contributed by atoms with E-state index in [9.17, 15) is 4.79 Å². The number of benzene rings is 1.